The second-order valence-corrected chi connectivity index (χ2v) is 5.84. The predicted molar refractivity (Wildman–Crippen MR) is 63.7 cm³/mol. The van der Waals surface area contributed by atoms with Gasteiger partial charge >= 0.3 is 5.97 Å². The van der Waals surface area contributed by atoms with Crippen LogP contribution in [-0.4, -0.2) is 31.3 Å². The second kappa shape index (κ2) is 4.41. The average Bonchev–Trinajstić information content (AvgIpc) is 2.61. The van der Waals surface area contributed by atoms with Crippen LogP contribution in [0.15, 0.2) is 29.7 Å². The largest absolute Gasteiger partial charge is 0.478 e. The van der Waals surface area contributed by atoms with Gasteiger partial charge < -0.3 is 10.4 Å². The lowest BCUT2D eigenvalue weighted by molar-refractivity contribution is 0.0696. The maximum Gasteiger partial charge on any atom is 0.335 e. The highest BCUT2D eigenvalue weighted by Crippen LogP contribution is 2.19. The molecule has 18 heavy (non-hydrogen) atoms. The SMILES string of the molecule is O=C(O)c1ccc(NC2C=CS(=O)(=O)C2)c(F)c1. The monoisotopic (exact) mass is 271 g/mol. The molecule has 1 unspecified atom stereocenters. The Kier molecular flexibility index (Phi) is 3.08. The molecule has 0 spiro atoms. The number of carboxylic acids is 1. The highest BCUT2D eigenvalue weighted by atomic mass is 32.2. The van der Waals surface area contributed by atoms with E-state index in [2.05, 4.69) is 5.32 Å². The van der Waals surface area contributed by atoms with Crippen molar-refractivity contribution in [1.82, 2.24) is 0 Å². The molecular weight excluding hydrogens is 261 g/mol. The third-order valence-electron chi connectivity index (χ3n) is 2.49. The Labute approximate surface area is 103 Å². The van der Waals surface area contributed by atoms with E-state index < -0.39 is 27.7 Å². The van der Waals surface area contributed by atoms with Crippen LogP contribution in [0.5, 0.6) is 0 Å². The van der Waals surface area contributed by atoms with Gasteiger partial charge in [0.15, 0.2) is 9.84 Å². The van der Waals surface area contributed by atoms with Crippen molar-refractivity contribution in [1.29, 1.82) is 0 Å². The lowest BCUT2D eigenvalue weighted by Crippen LogP contribution is -2.21. The van der Waals surface area contributed by atoms with Crippen molar-refractivity contribution in [2.24, 2.45) is 0 Å². The molecule has 0 saturated carbocycles. The van der Waals surface area contributed by atoms with E-state index in [1.54, 1.807) is 0 Å². The van der Waals surface area contributed by atoms with Gasteiger partial charge in [-0.1, -0.05) is 6.08 Å². The topological polar surface area (TPSA) is 83.5 Å². The molecule has 0 aromatic heterocycles. The zero-order valence-corrected chi connectivity index (χ0v) is 9.95. The summed E-state index contributed by atoms with van der Waals surface area (Å²) >= 11 is 0. The number of rotatable bonds is 3. The summed E-state index contributed by atoms with van der Waals surface area (Å²) < 4.78 is 35.9. The van der Waals surface area contributed by atoms with Gasteiger partial charge in [-0.15, -0.1) is 0 Å². The van der Waals surface area contributed by atoms with Crippen LogP contribution < -0.4 is 5.32 Å². The number of carbonyl (C=O) groups is 1. The van der Waals surface area contributed by atoms with Gasteiger partial charge in [-0.3, -0.25) is 0 Å². The van der Waals surface area contributed by atoms with Gasteiger partial charge in [0.05, 0.1) is 23.0 Å². The third-order valence-corrected chi connectivity index (χ3v) is 3.88. The fourth-order valence-corrected chi connectivity index (χ4v) is 2.87. The molecule has 7 heteroatoms. The van der Waals surface area contributed by atoms with Gasteiger partial charge in [0.1, 0.15) is 5.82 Å². The molecule has 1 aliphatic rings. The number of halogens is 1. The number of sulfone groups is 1. The first-order chi connectivity index (χ1) is 8.37. The van der Waals surface area contributed by atoms with E-state index in [1.165, 1.54) is 18.2 Å². The Balaban J connectivity index is 2.16. The van der Waals surface area contributed by atoms with Crippen LogP contribution in [0.4, 0.5) is 10.1 Å². The van der Waals surface area contributed by atoms with Gasteiger partial charge in [0.25, 0.3) is 0 Å². The first-order valence-corrected chi connectivity index (χ1v) is 6.79. The van der Waals surface area contributed by atoms with Crippen LogP contribution in [0.1, 0.15) is 10.4 Å². The minimum Gasteiger partial charge on any atom is -0.478 e. The number of anilines is 1. The lowest BCUT2D eigenvalue weighted by Gasteiger charge is -2.12. The van der Waals surface area contributed by atoms with Crippen molar-refractivity contribution in [2.75, 3.05) is 11.1 Å². The maximum atomic E-state index is 13.6. The molecule has 1 aliphatic heterocycles. The van der Waals surface area contributed by atoms with Gasteiger partial charge in [0, 0.05) is 5.41 Å². The molecular formula is C11H10FNO4S. The zero-order valence-electron chi connectivity index (χ0n) is 9.13. The molecule has 2 N–H and O–H groups in total. The maximum absolute atomic E-state index is 13.6. The summed E-state index contributed by atoms with van der Waals surface area (Å²) in [5.41, 5.74) is -0.0839. The molecule has 1 heterocycles. The summed E-state index contributed by atoms with van der Waals surface area (Å²) in [5, 5.41) is 12.4. The molecule has 1 aromatic carbocycles. The number of aromatic carboxylic acids is 1. The van der Waals surface area contributed by atoms with E-state index >= 15 is 0 Å². The number of hydrogen-bond acceptors (Lipinski definition) is 4. The van der Waals surface area contributed by atoms with Crippen molar-refractivity contribution in [3.8, 4) is 0 Å². The van der Waals surface area contributed by atoms with E-state index in [9.17, 15) is 17.6 Å². The van der Waals surface area contributed by atoms with Crippen molar-refractivity contribution in [3.05, 3.63) is 41.1 Å². The Morgan fingerprint density at radius 3 is 2.67 bits per heavy atom. The molecule has 2 rings (SSSR count). The van der Waals surface area contributed by atoms with E-state index in [-0.39, 0.29) is 17.0 Å². The predicted octanol–water partition coefficient (Wildman–Crippen LogP) is 1.25. The number of benzene rings is 1. The van der Waals surface area contributed by atoms with Crippen LogP contribution >= 0.6 is 0 Å². The number of nitrogens with one attached hydrogen (secondary N) is 1. The fraction of sp³-hybridized carbons (Fsp3) is 0.182. The zero-order chi connectivity index (χ0) is 13.3. The molecule has 0 aliphatic carbocycles. The van der Waals surface area contributed by atoms with Crippen molar-refractivity contribution in [2.45, 2.75) is 6.04 Å². The lowest BCUT2D eigenvalue weighted by atomic mass is 10.2. The molecule has 0 saturated heterocycles. The highest BCUT2D eigenvalue weighted by molar-refractivity contribution is 7.94. The van der Waals surface area contributed by atoms with Crippen LogP contribution in [-0.2, 0) is 9.84 Å². The van der Waals surface area contributed by atoms with Crippen molar-refractivity contribution < 1.29 is 22.7 Å². The Morgan fingerprint density at radius 2 is 2.17 bits per heavy atom. The fourth-order valence-electron chi connectivity index (χ4n) is 1.63. The summed E-state index contributed by atoms with van der Waals surface area (Å²) in [6.45, 7) is 0. The standard InChI is InChI=1S/C11H10FNO4S/c12-9-5-7(11(14)15)1-2-10(9)13-8-3-4-18(16,17)6-8/h1-5,8,13H,6H2,(H,14,15). The van der Waals surface area contributed by atoms with Crippen molar-refractivity contribution in [3.63, 3.8) is 0 Å². The van der Waals surface area contributed by atoms with Crippen LogP contribution in [0.25, 0.3) is 0 Å². The highest BCUT2D eigenvalue weighted by Gasteiger charge is 2.22. The molecule has 0 amide bonds. The van der Waals surface area contributed by atoms with E-state index in [0.29, 0.717) is 0 Å². The third kappa shape index (κ3) is 2.67. The Morgan fingerprint density at radius 1 is 1.44 bits per heavy atom. The first kappa shape index (κ1) is 12.6. The second-order valence-electron chi connectivity index (χ2n) is 3.91. The van der Waals surface area contributed by atoms with Gasteiger partial charge in [-0.05, 0) is 18.2 Å². The molecule has 0 bridgehead atoms. The van der Waals surface area contributed by atoms with Gasteiger partial charge in [0.2, 0.25) is 0 Å². The van der Waals surface area contributed by atoms with Crippen molar-refractivity contribution >= 4 is 21.5 Å². The molecule has 96 valence electrons. The summed E-state index contributed by atoms with van der Waals surface area (Å²) in [6, 6.07) is 2.91. The quantitative estimate of drug-likeness (QED) is 0.864. The number of hydrogen-bond donors (Lipinski definition) is 2. The summed E-state index contributed by atoms with van der Waals surface area (Å²) in [5.74, 6) is -2.08. The summed E-state index contributed by atoms with van der Waals surface area (Å²) in [6.07, 6.45) is 1.43. The molecule has 0 fully saturated rings. The first-order valence-electron chi connectivity index (χ1n) is 5.08. The van der Waals surface area contributed by atoms with E-state index in [1.807, 2.05) is 0 Å². The van der Waals surface area contributed by atoms with Crippen LogP contribution in [0.2, 0.25) is 0 Å². The molecule has 0 radical (unpaired) electrons. The molecule has 1 aromatic rings. The van der Waals surface area contributed by atoms with E-state index in [4.69, 9.17) is 5.11 Å². The van der Waals surface area contributed by atoms with Gasteiger partial charge in [-0.25, -0.2) is 17.6 Å². The smallest absolute Gasteiger partial charge is 0.335 e. The number of carboxylic acid groups (broad SMARTS) is 1. The van der Waals surface area contributed by atoms with Crippen LogP contribution in [0.3, 0.4) is 0 Å². The minimum atomic E-state index is -3.21. The minimum absolute atomic E-state index is 0.0757. The normalized spacial score (nSPS) is 20.8. The van der Waals surface area contributed by atoms with E-state index in [0.717, 1.165) is 11.5 Å². The molecule has 1 atom stereocenters. The van der Waals surface area contributed by atoms with Gasteiger partial charge in [-0.2, -0.15) is 0 Å². The average molecular weight is 271 g/mol. The Hall–Kier alpha value is -1.89. The molecule has 5 nitrogen and oxygen atoms in total. The van der Waals surface area contributed by atoms with Crippen LogP contribution in [0, 0.1) is 5.82 Å². The Bertz CT molecular complexity index is 624. The summed E-state index contributed by atoms with van der Waals surface area (Å²) in [4.78, 5) is 10.6. The summed E-state index contributed by atoms with van der Waals surface area (Å²) in [7, 11) is -3.21.